The van der Waals surface area contributed by atoms with Gasteiger partial charge in [0.1, 0.15) is 11.6 Å². The molecular weight excluding hydrogens is 291 g/mol. The molecule has 23 heavy (non-hydrogen) atoms. The Morgan fingerprint density at radius 3 is 2.74 bits per heavy atom. The van der Waals surface area contributed by atoms with Gasteiger partial charge in [-0.1, -0.05) is 12.1 Å². The molecule has 0 spiro atoms. The molecule has 3 heterocycles. The Morgan fingerprint density at radius 2 is 1.91 bits per heavy atom. The first kappa shape index (κ1) is 13.4. The Hall–Kier alpha value is -3.26. The lowest BCUT2D eigenvalue weighted by Gasteiger charge is -2.04. The molecular formula is C18H11FN4. The number of fused-ring (bicyclic) bond motifs is 3. The van der Waals surface area contributed by atoms with Gasteiger partial charge >= 0.3 is 0 Å². The second-order valence-electron chi connectivity index (χ2n) is 5.36. The summed E-state index contributed by atoms with van der Waals surface area (Å²) in [6.07, 6.45) is 5.07. The Morgan fingerprint density at radius 1 is 1.04 bits per heavy atom. The van der Waals surface area contributed by atoms with Gasteiger partial charge in [0, 0.05) is 47.5 Å². The summed E-state index contributed by atoms with van der Waals surface area (Å²) in [5.41, 5.74) is 3.70. The summed E-state index contributed by atoms with van der Waals surface area (Å²) in [5.74, 6) is -0.743. The fourth-order valence-corrected chi connectivity index (χ4v) is 2.92. The summed E-state index contributed by atoms with van der Waals surface area (Å²) in [6.45, 7) is 0. The van der Waals surface area contributed by atoms with E-state index in [0.29, 0.717) is 5.56 Å². The lowest BCUT2D eigenvalue weighted by molar-refractivity contribution is 0.580. The zero-order valence-electron chi connectivity index (χ0n) is 12.3. The van der Waals surface area contributed by atoms with Crippen molar-refractivity contribution in [3.63, 3.8) is 0 Å². The highest BCUT2D eigenvalue weighted by Gasteiger charge is 2.11. The van der Waals surface area contributed by atoms with Gasteiger partial charge in [0.2, 0.25) is 5.95 Å². The van der Waals surface area contributed by atoms with Crippen molar-refractivity contribution < 1.29 is 4.39 Å². The Balaban J connectivity index is 1.98. The highest BCUT2D eigenvalue weighted by molar-refractivity contribution is 6.08. The van der Waals surface area contributed by atoms with Crippen LogP contribution in [0.1, 0.15) is 5.56 Å². The van der Waals surface area contributed by atoms with E-state index in [0.717, 1.165) is 27.4 Å². The second-order valence-corrected chi connectivity index (χ2v) is 5.36. The van der Waals surface area contributed by atoms with Crippen LogP contribution in [0.3, 0.4) is 0 Å². The normalized spacial score (nSPS) is 11.0. The molecule has 0 fully saturated rings. The molecule has 1 aromatic carbocycles. The predicted octanol–water partition coefficient (Wildman–Crippen LogP) is 3.80. The Bertz CT molecular complexity index is 1110. The van der Waals surface area contributed by atoms with Gasteiger partial charge in [-0.15, -0.1) is 0 Å². The van der Waals surface area contributed by atoms with Gasteiger partial charge in [-0.05, 0) is 23.8 Å². The number of pyridine rings is 2. The highest BCUT2D eigenvalue weighted by Crippen LogP contribution is 2.31. The van der Waals surface area contributed by atoms with Crippen LogP contribution in [0.25, 0.3) is 32.9 Å². The van der Waals surface area contributed by atoms with E-state index in [1.54, 1.807) is 6.20 Å². The minimum atomic E-state index is -0.743. The van der Waals surface area contributed by atoms with Crippen molar-refractivity contribution in [2.75, 3.05) is 0 Å². The number of benzene rings is 1. The maximum atomic E-state index is 13.4. The molecule has 0 aliphatic carbocycles. The average Bonchev–Trinajstić information content (AvgIpc) is 2.88. The molecule has 0 amide bonds. The molecule has 0 aliphatic heterocycles. The zero-order chi connectivity index (χ0) is 16.0. The fourth-order valence-electron chi connectivity index (χ4n) is 2.92. The number of nitriles is 1. The molecule has 110 valence electrons. The third-order valence-electron chi connectivity index (χ3n) is 4.10. The van der Waals surface area contributed by atoms with E-state index in [1.165, 1.54) is 12.3 Å². The van der Waals surface area contributed by atoms with Gasteiger partial charge in [-0.25, -0.2) is 4.98 Å². The van der Waals surface area contributed by atoms with Gasteiger partial charge in [0.25, 0.3) is 0 Å². The zero-order valence-corrected chi connectivity index (χ0v) is 12.3. The van der Waals surface area contributed by atoms with E-state index in [-0.39, 0.29) is 5.56 Å². The van der Waals surface area contributed by atoms with E-state index in [4.69, 9.17) is 5.26 Å². The summed E-state index contributed by atoms with van der Waals surface area (Å²) >= 11 is 0. The molecule has 0 saturated heterocycles. The number of hydrogen-bond donors (Lipinski definition) is 0. The maximum absolute atomic E-state index is 13.4. The minimum Gasteiger partial charge on any atom is -0.343 e. The molecule has 5 heteroatoms. The quantitative estimate of drug-likeness (QED) is 0.503. The van der Waals surface area contributed by atoms with Crippen molar-refractivity contribution >= 4 is 21.8 Å². The molecule has 4 nitrogen and oxygen atoms in total. The summed E-state index contributed by atoms with van der Waals surface area (Å²) in [6, 6.07) is 11.3. The predicted molar refractivity (Wildman–Crippen MR) is 86.1 cm³/mol. The standard InChI is InChI=1S/C18H11FN4/c1-23-16-4-5-21-10-15(16)14-3-2-11(7-17(14)23)13-6-12(8-20)18(19)22-9-13/h2-7,9-10H,1H3. The van der Waals surface area contributed by atoms with Crippen molar-refractivity contribution in [3.8, 4) is 17.2 Å². The molecule has 0 aliphatic rings. The first-order valence-corrected chi connectivity index (χ1v) is 7.07. The first-order valence-electron chi connectivity index (χ1n) is 7.07. The number of hydrogen-bond acceptors (Lipinski definition) is 3. The van der Waals surface area contributed by atoms with Crippen molar-refractivity contribution in [2.45, 2.75) is 0 Å². The molecule has 0 atom stereocenters. The molecule has 0 unspecified atom stereocenters. The first-order chi connectivity index (χ1) is 11.2. The van der Waals surface area contributed by atoms with Gasteiger partial charge < -0.3 is 4.57 Å². The summed E-state index contributed by atoms with van der Waals surface area (Å²) < 4.78 is 15.5. The second kappa shape index (κ2) is 4.89. The van der Waals surface area contributed by atoms with Crippen LogP contribution in [0.4, 0.5) is 4.39 Å². The minimum absolute atomic E-state index is 0.0520. The van der Waals surface area contributed by atoms with Crippen LogP contribution in [0.15, 0.2) is 48.9 Å². The van der Waals surface area contributed by atoms with E-state index < -0.39 is 5.95 Å². The monoisotopic (exact) mass is 302 g/mol. The number of aromatic nitrogens is 3. The van der Waals surface area contributed by atoms with Crippen molar-refractivity contribution in [3.05, 3.63) is 60.4 Å². The van der Waals surface area contributed by atoms with Crippen molar-refractivity contribution in [1.82, 2.24) is 14.5 Å². The number of halogens is 1. The number of rotatable bonds is 1. The lowest BCUT2D eigenvalue weighted by Crippen LogP contribution is -1.91. The smallest absolute Gasteiger partial charge is 0.230 e. The summed E-state index contributed by atoms with van der Waals surface area (Å²) in [5, 5.41) is 11.2. The highest BCUT2D eigenvalue weighted by atomic mass is 19.1. The van der Waals surface area contributed by atoms with Crippen LogP contribution in [-0.4, -0.2) is 14.5 Å². The topological polar surface area (TPSA) is 54.5 Å². The average molecular weight is 302 g/mol. The largest absolute Gasteiger partial charge is 0.343 e. The fraction of sp³-hybridized carbons (Fsp3) is 0.0556. The van der Waals surface area contributed by atoms with Gasteiger partial charge in [0.15, 0.2) is 0 Å². The molecule has 0 saturated carbocycles. The summed E-state index contributed by atoms with van der Waals surface area (Å²) in [7, 11) is 2.00. The van der Waals surface area contributed by atoms with Crippen LogP contribution in [0, 0.1) is 17.3 Å². The number of aryl methyl sites for hydroxylation is 1. The Labute approximate surface area is 131 Å². The van der Waals surface area contributed by atoms with Gasteiger partial charge in [-0.3, -0.25) is 4.98 Å². The van der Waals surface area contributed by atoms with Crippen LogP contribution in [0.5, 0.6) is 0 Å². The summed E-state index contributed by atoms with van der Waals surface area (Å²) in [4.78, 5) is 7.85. The molecule has 4 aromatic rings. The van der Waals surface area contributed by atoms with Crippen LogP contribution < -0.4 is 0 Å². The van der Waals surface area contributed by atoms with Crippen molar-refractivity contribution in [2.24, 2.45) is 7.05 Å². The number of nitrogens with zero attached hydrogens (tertiary/aromatic N) is 4. The van der Waals surface area contributed by atoms with Gasteiger partial charge in [-0.2, -0.15) is 9.65 Å². The molecule has 0 radical (unpaired) electrons. The third-order valence-corrected chi connectivity index (χ3v) is 4.10. The maximum Gasteiger partial charge on any atom is 0.230 e. The van der Waals surface area contributed by atoms with Crippen LogP contribution in [-0.2, 0) is 7.05 Å². The SMILES string of the molecule is Cn1c2ccncc2c2ccc(-c3cnc(F)c(C#N)c3)cc21. The third kappa shape index (κ3) is 1.96. The van der Waals surface area contributed by atoms with Gasteiger partial charge in [0.05, 0.1) is 5.52 Å². The molecule has 0 N–H and O–H groups in total. The van der Waals surface area contributed by atoms with E-state index in [1.807, 2.05) is 43.6 Å². The van der Waals surface area contributed by atoms with Crippen LogP contribution >= 0.6 is 0 Å². The molecule has 0 bridgehead atoms. The van der Waals surface area contributed by atoms with Crippen LogP contribution in [0.2, 0.25) is 0 Å². The Kier molecular flexibility index (Phi) is 2.85. The molecule has 3 aromatic heterocycles. The van der Waals surface area contributed by atoms with E-state index >= 15 is 0 Å². The lowest BCUT2D eigenvalue weighted by atomic mass is 10.0. The van der Waals surface area contributed by atoms with E-state index in [2.05, 4.69) is 14.5 Å². The van der Waals surface area contributed by atoms with Crippen molar-refractivity contribution in [1.29, 1.82) is 5.26 Å². The molecule has 4 rings (SSSR count). The van der Waals surface area contributed by atoms with E-state index in [9.17, 15) is 4.39 Å².